The van der Waals surface area contributed by atoms with Crippen LogP contribution in [0.1, 0.15) is 12.0 Å². The fraction of sp³-hybridized carbons (Fsp3) is 0.357. The molecule has 1 amide bonds. The van der Waals surface area contributed by atoms with Gasteiger partial charge in [0, 0.05) is 30.6 Å². The number of ether oxygens (including phenoxy) is 1. The van der Waals surface area contributed by atoms with Crippen molar-refractivity contribution in [3.63, 3.8) is 0 Å². The maximum Gasteiger partial charge on any atom is 0.387 e. The number of carbonyl (C=O) groups is 1. The van der Waals surface area contributed by atoms with Gasteiger partial charge in [-0.25, -0.2) is 0 Å². The molecule has 1 aromatic rings. The highest BCUT2D eigenvalue weighted by atomic mass is 19.3. The number of nitrogens with zero attached hydrogens (tertiary/aromatic N) is 1. The quantitative estimate of drug-likeness (QED) is 0.786. The Kier molecular flexibility index (Phi) is 3.70. The van der Waals surface area contributed by atoms with Crippen molar-refractivity contribution in [2.45, 2.75) is 20.0 Å². The summed E-state index contributed by atoms with van der Waals surface area (Å²) in [6.45, 7) is -0.814. The van der Waals surface area contributed by atoms with E-state index in [-0.39, 0.29) is 24.0 Å². The van der Waals surface area contributed by atoms with Gasteiger partial charge in [-0.3, -0.25) is 4.79 Å². The molecular formula is C14H13F2NO2. The Hall–Kier alpha value is -2.09. The molecule has 1 aliphatic rings. The second-order valence-electron chi connectivity index (χ2n) is 4.40. The van der Waals surface area contributed by atoms with E-state index in [1.54, 1.807) is 19.1 Å². The third-order valence-electron chi connectivity index (χ3n) is 3.06. The van der Waals surface area contributed by atoms with Gasteiger partial charge >= 0.3 is 6.61 Å². The minimum absolute atomic E-state index is 0.0736. The Morgan fingerprint density at radius 3 is 2.84 bits per heavy atom. The normalized spacial score (nSPS) is 18.8. The number of hydrogen-bond acceptors (Lipinski definition) is 2. The van der Waals surface area contributed by atoms with E-state index in [4.69, 9.17) is 6.42 Å². The summed E-state index contributed by atoms with van der Waals surface area (Å²) in [6.07, 6.45) is 5.59. The lowest BCUT2D eigenvalue weighted by atomic mass is 10.1. The van der Waals surface area contributed by atoms with Crippen LogP contribution in [-0.2, 0) is 4.79 Å². The van der Waals surface area contributed by atoms with E-state index in [1.165, 1.54) is 11.0 Å². The molecule has 1 aliphatic heterocycles. The van der Waals surface area contributed by atoms with Crippen LogP contribution in [0.4, 0.5) is 14.5 Å². The minimum Gasteiger partial charge on any atom is -0.434 e. The zero-order valence-corrected chi connectivity index (χ0v) is 10.4. The van der Waals surface area contributed by atoms with Gasteiger partial charge in [-0.1, -0.05) is 6.07 Å². The molecule has 19 heavy (non-hydrogen) atoms. The Morgan fingerprint density at radius 2 is 2.26 bits per heavy atom. The van der Waals surface area contributed by atoms with E-state index >= 15 is 0 Å². The summed E-state index contributed by atoms with van der Waals surface area (Å²) in [5.41, 5.74) is 1.12. The Labute approximate surface area is 110 Å². The van der Waals surface area contributed by atoms with Crippen LogP contribution in [-0.4, -0.2) is 19.1 Å². The van der Waals surface area contributed by atoms with Crippen LogP contribution in [0.5, 0.6) is 5.75 Å². The first-order chi connectivity index (χ1) is 9.01. The highest BCUT2D eigenvalue weighted by Crippen LogP contribution is 2.30. The topological polar surface area (TPSA) is 29.5 Å². The van der Waals surface area contributed by atoms with Crippen LogP contribution in [0.15, 0.2) is 18.2 Å². The lowest BCUT2D eigenvalue weighted by Gasteiger charge is -2.18. The van der Waals surface area contributed by atoms with E-state index in [0.717, 1.165) is 0 Å². The summed E-state index contributed by atoms with van der Waals surface area (Å²) in [7, 11) is 0. The molecule has 3 nitrogen and oxygen atoms in total. The number of hydrogen-bond donors (Lipinski definition) is 0. The molecule has 1 unspecified atom stereocenters. The molecule has 1 fully saturated rings. The van der Waals surface area contributed by atoms with E-state index < -0.39 is 6.61 Å². The molecule has 0 aromatic heterocycles. The zero-order valence-electron chi connectivity index (χ0n) is 10.4. The molecule has 1 aromatic carbocycles. The van der Waals surface area contributed by atoms with E-state index in [1.807, 2.05) is 0 Å². The highest BCUT2D eigenvalue weighted by molar-refractivity contribution is 5.96. The van der Waals surface area contributed by atoms with Crippen molar-refractivity contribution in [1.29, 1.82) is 0 Å². The van der Waals surface area contributed by atoms with Crippen LogP contribution in [0.3, 0.4) is 0 Å². The number of terminal acetylenes is 1. The molecule has 1 atom stereocenters. The van der Waals surface area contributed by atoms with Gasteiger partial charge in [-0.05, 0) is 18.6 Å². The third-order valence-corrected chi connectivity index (χ3v) is 3.06. The van der Waals surface area contributed by atoms with Gasteiger partial charge in [-0.2, -0.15) is 8.78 Å². The molecule has 0 spiro atoms. The number of benzene rings is 1. The smallest absolute Gasteiger partial charge is 0.387 e. The van der Waals surface area contributed by atoms with Gasteiger partial charge < -0.3 is 9.64 Å². The molecule has 100 valence electrons. The minimum atomic E-state index is -2.89. The predicted molar refractivity (Wildman–Crippen MR) is 67.1 cm³/mol. The van der Waals surface area contributed by atoms with E-state index in [9.17, 15) is 13.6 Å². The number of anilines is 1. The summed E-state index contributed by atoms with van der Waals surface area (Å²) in [5.74, 6) is 2.38. The SMILES string of the molecule is C#CC1CC(=O)N(c2ccc(C)c(OC(F)F)c2)C1. The van der Waals surface area contributed by atoms with Crippen molar-refractivity contribution in [3.8, 4) is 18.1 Å². The van der Waals surface area contributed by atoms with Gasteiger partial charge in [0.05, 0.1) is 0 Å². The maximum absolute atomic E-state index is 12.3. The molecule has 5 heteroatoms. The summed E-state index contributed by atoms with van der Waals surface area (Å²) in [5, 5.41) is 0. The van der Waals surface area contributed by atoms with E-state index in [0.29, 0.717) is 17.8 Å². The van der Waals surface area contributed by atoms with Gasteiger partial charge in [0.1, 0.15) is 5.75 Å². The van der Waals surface area contributed by atoms with Crippen molar-refractivity contribution in [3.05, 3.63) is 23.8 Å². The second kappa shape index (κ2) is 5.27. The highest BCUT2D eigenvalue weighted by Gasteiger charge is 2.29. The van der Waals surface area contributed by atoms with Gasteiger partial charge in [0.25, 0.3) is 0 Å². The summed E-state index contributed by atoms with van der Waals surface area (Å²) < 4.78 is 29.0. The number of alkyl halides is 2. The average molecular weight is 265 g/mol. The number of halogens is 2. The third kappa shape index (κ3) is 2.84. The van der Waals surface area contributed by atoms with Crippen molar-refractivity contribution in [1.82, 2.24) is 0 Å². The standard InChI is InChI=1S/C14H13F2NO2/c1-3-10-6-13(18)17(8-10)11-5-4-9(2)12(7-11)19-14(15)16/h1,4-5,7,10,14H,6,8H2,2H3. The first kappa shape index (κ1) is 13.3. The molecule has 0 bridgehead atoms. The van der Waals surface area contributed by atoms with Crippen molar-refractivity contribution >= 4 is 11.6 Å². The van der Waals surface area contributed by atoms with Crippen molar-refractivity contribution in [2.24, 2.45) is 5.92 Å². The van der Waals surface area contributed by atoms with Crippen LogP contribution in [0, 0.1) is 25.2 Å². The van der Waals surface area contributed by atoms with Crippen LogP contribution >= 0.6 is 0 Å². The van der Waals surface area contributed by atoms with Crippen molar-refractivity contribution in [2.75, 3.05) is 11.4 Å². The molecule has 0 aliphatic carbocycles. The molecule has 0 radical (unpaired) electrons. The van der Waals surface area contributed by atoms with Gasteiger partial charge in [-0.15, -0.1) is 12.3 Å². The van der Waals surface area contributed by atoms with Crippen LogP contribution < -0.4 is 9.64 Å². The molecule has 0 N–H and O–H groups in total. The first-order valence-electron chi connectivity index (χ1n) is 5.83. The number of carbonyl (C=O) groups excluding carboxylic acids is 1. The molecule has 1 saturated heterocycles. The summed E-state index contributed by atoms with van der Waals surface area (Å²) in [6, 6.07) is 4.78. The van der Waals surface area contributed by atoms with Crippen LogP contribution in [0.25, 0.3) is 0 Å². The Morgan fingerprint density at radius 1 is 1.53 bits per heavy atom. The summed E-state index contributed by atoms with van der Waals surface area (Å²) in [4.78, 5) is 13.3. The first-order valence-corrected chi connectivity index (χ1v) is 5.83. The molecular weight excluding hydrogens is 252 g/mol. The summed E-state index contributed by atoms with van der Waals surface area (Å²) >= 11 is 0. The number of aryl methyl sites for hydroxylation is 1. The molecule has 2 rings (SSSR count). The van der Waals surface area contributed by atoms with Gasteiger partial charge in [0.15, 0.2) is 0 Å². The monoisotopic (exact) mass is 265 g/mol. The van der Waals surface area contributed by atoms with Crippen molar-refractivity contribution < 1.29 is 18.3 Å². The number of amides is 1. The average Bonchev–Trinajstić information content (AvgIpc) is 2.73. The fourth-order valence-electron chi connectivity index (χ4n) is 2.05. The van der Waals surface area contributed by atoms with Crippen LogP contribution in [0.2, 0.25) is 0 Å². The lowest BCUT2D eigenvalue weighted by Crippen LogP contribution is -2.24. The number of rotatable bonds is 3. The van der Waals surface area contributed by atoms with E-state index in [2.05, 4.69) is 10.7 Å². The second-order valence-corrected chi connectivity index (χ2v) is 4.40. The molecule has 0 saturated carbocycles. The molecule has 1 heterocycles. The Balaban J connectivity index is 2.26. The fourth-order valence-corrected chi connectivity index (χ4v) is 2.05. The predicted octanol–water partition coefficient (Wildman–Crippen LogP) is 2.58. The lowest BCUT2D eigenvalue weighted by molar-refractivity contribution is -0.117. The van der Waals surface area contributed by atoms with Gasteiger partial charge in [0.2, 0.25) is 5.91 Å². The Bertz CT molecular complexity index is 537. The maximum atomic E-state index is 12.3. The zero-order chi connectivity index (χ0) is 14.0. The largest absolute Gasteiger partial charge is 0.434 e.